The van der Waals surface area contributed by atoms with Crippen LogP contribution in [0.2, 0.25) is 0 Å². The number of para-hydroxylation sites is 1. The van der Waals surface area contributed by atoms with E-state index in [1.165, 1.54) is 0 Å². The molecular formula is C13H11ClN3-. The van der Waals surface area contributed by atoms with E-state index in [1.807, 2.05) is 42.5 Å². The molecule has 0 atom stereocenters. The van der Waals surface area contributed by atoms with E-state index in [0.717, 1.165) is 27.5 Å². The summed E-state index contributed by atoms with van der Waals surface area (Å²) in [4.78, 5) is 4.54. The number of rotatable bonds is 0. The van der Waals surface area contributed by atoms with Gasteiger partial charge in [0.2, 0.25) is 0 Å². The standard InChI is InChI=1S/C13H11N3.ClH/c14-8-5-6-10-12(7-8)16-11-4-2-1-3-9(11)13(10)15;/h1-7H,14H2,(H2,15,16);1H/p-1. The number of anilines is 2. The summed E-state index contributed by atoms with van der Waals surface area (Å²) in [5.74, 6) is 0. The Morgan fingerprint density at radius 1 is 0.824 bits per heavy atom. The minimum absolute atomic E-state index is 0. The highest BCUT2D eigenvalue weighted by Gasteiger charge is 2.05. The van der Waals surface area contributed by atoms with Crippen LogP contribution in [0.5, 0.6) is 0 Å². The van der Waals surface area contributed by atoms with Crippen LogP contribution in [0.3, 0.4) is 0 Å². The van der Waals surface area contributed by atoms with E-state index < -0.39 is 0 Å². The van der Waals surface area contributed by atoms with Crippen molar-refractivity contribution < 1.29 is 12.4 Å². The molecule has 0 amide bonds. The number of halogens is 1. The van der Waals surface area contributed by atoms with Gasteiger partial charge in [0.05, 0.1) is 16.7 Å². The molecule has 1 heterocycles. The van der Waals surface area contributed by atoms with Gasteiger partial charge < -0.3 is 23.9 Å². The zero-order chi connectivity index (χ0) is 11.1. The van der Waals surface area contributed by atoms with Crippen molar-refractivity contribution in [2.24, 2.45) is 0 Å². The molecule has 0 saturated carbocycles. The van der Waals surface area contributed by atoms with Crippen LogP contribution in [0, 0.1) is 0 Å². The molecule has 3 aromatic rings. The Kier molecular flexibility index (Phi) is 2.77. The lowest BCUT2D eigenvalue weighted by Crippen LogP contribution is -3.00. The third-order valence-corrected chi connectivity index (χ3v) is 2.75. The number of pyridine rings is 1. The highest BCUT2D eigenvalue weighted by molar-refractivity contribution is 6.06. The molecule has 3 nitrogen and oxygen atoms in total. The Labute approximate surface area is 105 Å². The second kappa shape index (κ2) is 4.11. The van der Waals surface area contributed by atoms with Gasteiger partial charge in [-0.05, 0) is 24.3 Å². The van der Waals surface area contributed by atoms with Crippen molar-refractivity contribution in [1.29, 1.82) is 0 Å². The monoisotopic (exact) mass is 244 g/mol. The Hall–Kier alpha value is -2.00. The molecule has 0 spiro atoms. The molecular weight excluding hydrogens is 234 g/mol. The van der Waals surface area contributed by atoms with E-state index in [0.29, 0.717) is 5.69 Å². The molecule has 0 aliphatic rings. The summed E-state index contributed by atoms with van der Waals surface area (Å²) in [7, 11) is 0. The molecule has 0 aliphatic carbocycles. The average molecular weight is 245 g/mol. The maximum absolute atomic E-state index is 6.12. The molecule has 0 unspecified atom stereocenters. The first-order valence-corrected chi connectivity index (χ1v) is 5.09. The minimum Gasteiger partial charge on any atom is -1.00 e. The van der Waals surface area contributed by atoms with Crippen molar-refractivity contribution in [3.8, 4) is 0 Å². The molecule has 2 aromatic carbocycles. The van der Waals surface area contributed by atoms with Crippen LogP contribution < -0.4 is 23.9 Å². The van der Waals surface area contributed by atoms with Gasteiger partial charge >= 0.3 is 0 Å². The lowest BCUT2D eigenvalue weighted by atomic mass is 10.1. The average Bonchev–Trinajstić information content (AvgIpc) is 2.29. The molecule has 86 valence electrons. The van der Waals surface area contributed by atoms with Gasteiger partial charge in [-0.2, -0.15) is 0 Å². The lowest BCUT2D eigenvalue weighted by molar-refractivity contribution is -0.00000321. The van der Waals surface area contributed by atoms with E-state index in [1.54, 1.807) is 0 Å². The predicted molar refractivity (Wildman–Crippen MR) is 68.1 cm³/mol. The summed E-state index contributed by atoms with van der Waals surface area (Å²) in [6.07, 6.45) is 0. The predicted octanol–water partition coefficient (Wildman–Crippen LogP) is -0.444. The molecule has 0 saturated heterocycles. The number of hydrogen-bond donors (Lipinski definition) is 2. The second-order valence-electron chi connectivity index (χ2n) is 3.82. The molecule has 0 aliphatic heterocycles. The van der Waals surface area contributed by atoms with Crippen molar-refractivity contribution >= 4 is 33.2 Å². The van der Waals surface area contributed by atoms with Crippen molar-refractivity contribution in [1.82, 2.24) is 4.98 Å². The van der Waals surface area contributed by atoms with Gasteiger partial charge in [-0.1, -0.05) is 18.2 Å². The van der Waals surface area contributed by atoms with Crippen LogP contribution in [-0.2, 0) is 0 Å². The van der Waals surface area contributed by atoms with Crippen LogP contribution in [-0.4, -0.2) is 4.98 Å². The number of fused-ring (bicyclic) bond motifs is 2. The molecule has 4 N–H and O–H groups in total. The summed E-state index contributed by atoms with van der Waals surface area (Å²) in [5, 5.41) is 1.94. The normalized spacial score (nSPS) is 10.4. The fourth-order valence-corrected chi connectivity index (χ4v) is 1.94. The first-order chi connectivity index (χ1) is 7.75. The van der Waals surface area contributed by atoms with E-state index in [-0.39, 0.29) is 12.4 Å². The zero-order valence-electron chi connectivity index (χ0n) is 9.02. The first-order valence-electron chi connectivity index (χ1n) is 5.09. The number of benzene rings is 2. The van der Waals surface area contributed by atoms with Crippen LogP contribution in [0.1, 0.15) is 0 Å². The van der Waals surface area contributed by atoms with Crippen LogP contribution >= 0.6 is 0 Å². The second-order valence-corrected chi connectivity index (χ2v) is 3.82. The summed E-state index contributed by atoms with van der Waals surface area (Å²) in [6, 6.07) is 13.4. The zero-order valence-corrected chi connectivity index (χ0v) is 9.78. The van der Waals surface area contributed by atoms with Crippen molar-refractivity contribution in [3.63, 3.8) is 0 Å². The topological polar surface area (TPSA) is 64.9 Å². The Bertz CT molecular complexity index is 695. The maximum atomic E-state index is 6.12. The van der Waals surface area contributed by atoms with Crippen molar-refractivity contribution in [3.05, 3.63) is 42.5 Å². The highest BCUT2D eigenvalue weighted by atomic mass is 35.5. The van der Waals surface area contributed by atoms with Crippen molar-refractivity contribution in [2.45, 2.75) is 0 Å². The van der Waals surface area contributed by atoms with Crippen LogP contribution in [0.25, 0.3) is 21.8 Å². The quantitative estimate of drug-likeness (QED) is 0.416. The molecule has 1 aromatic heterocycles. The van der Waals surface area contributed by atoms with Gasteiger partial charge in [0.1, 0.15) is 0 Å². The van der Waals surface area contributed by atoms with Gasteiger partial charge in [0.25, 0.3) is 0 Å². The molecule has 0 fully saturated rings. The molecule has 3 rings (SSSR count). The maximum Gasteiger partial charge on any atom is 0.0750 e. The Morgan fingerprint density at radius 2 is 1.53 bits per heavy atom. The number of nitrogen functional groups attached to an aromatic ring is 2. The van der Waals surface area contributed by atoms with Gasteiger partial charge in [0, 0.05) is 16.5 Å². The van der Waals surface area contributed by atoms with Gasteiger partial charge in [-0.3, -0.25) is 0 Å². The fraction of sp³-hybridized carbons (Fsp3) is 0. The minimum atomic E-state index is 0. The Morgan fingerprint density at radius 3 is 2.35 bits per heavy atom. The summed E-state index contributed by atoms with van der Waals surface area (Å²) in [5.41, 5.74) is 15.1. The first kappa shape index (κ1) is 11.5. The summed E-state index contributed by atoms with van der Waals surface area (Å²) in [6.45, 7) is 0. The third-order valence-electron chi connectivity index (χ3n) is 2.75. The molecule has 4 heteroatoms. The third kappa shape index (κ3) is 1.74. The number of nitrogens with zero attached hydrogens (tertiary/aromatic N) is 1. The van der Waals surface area contributed by atoms with Gasteiger partial charge in [-0.15, -0.1) is 0 Å². The van der Waals surface area contributed by atoms with E-state index in [4.69, 9.17) is 11.5 Å². The summed E-state index contributed by atoms with van der Waals surface area (Å²) >= 11 is 0. The molecule has 0 radical (unpaired) electrons. The fourth-order valence-electron chi connectivity index (χ4n) is 1.94. The highest BCUT2D eigenvalue weighted by Crippen LogP contribution is 2.28. The van der Waals surface area contributed by atoms with Crippen LogP contribution in [0.4, 0.5) is 11.4 Å². The SMILES string of the molecule is Nc1ccc2c(N)c3ccccc3nc2c1.[Cl-]. The van der Waals surface area contributed by atoms with Gasteiger partial charge in [0.15, 0.2) is 0 Å². The van der Waals surface area contributed by atoms with Crippen molar-refractivity contribution in [2.75, 3.05) is 11.5 Å². The van der Waals surface area contributed by atoms with E-state index >= 15 is 0 Å². The molecule has 0 bridgehead atoms. The smallest absolute Gasteiger partial charge is 0.0750 e. The van der Waals surface area contributed by atoms with Gasteiger partial charge in [-0.25, -0.2) is 4.98 Å². The number of nitrogens with two attached hydrogens (primary N) is 2. The molecule has 17 heavy (non-hydrogen) atoms. The Balaban J connectivity index is 0.00000108. The number of hydrogen-bond acceptors (Lipinski definition) is 3. The van der Waals surface area contributed by atoms with Crippen LogP contribution in [0.15, 0.2) is 42.5 Å². The number of aromatic nitrogens is 1. The lowest BCUT2D eigenvalue weighted by Gasteiger charge is -2.06. The van der Waals surface area contributed by atoms with E-state index in [9.17, 15) is 0 Å². The summed E-state index contributed by atoms with van der Waals surface area (Å²) < 4.78 is 0. The van der Waals surface area contributed by atoms with E-state index in [2.05, 4.69) is 4.98 Å². The largest absolute Gasteiger partial charge is 1.00 e.